The summed E-state index contributed by atoms with van der Waals surface area (Å²) in [5.74, 6) is 2.86. The molecule has 1 saturated heterocycles. The number of nitrogens with one attached hydrogen (secondary N) is 2. The highest BCUT2D eigenvalue weighted by molar-refractivity contribution is 14.0. The SMILES string of the molecule is CCN=C(NC1CCCN(c2cnn(C)c2)C1)NC1CC1C1CCCCC1.I. The second-order valence-corrected chi connectivity index (χ2v) is 8.67. The monoisotopic (exact) mass is 500 g/mol. The number of aromatic nitrogens is 2. The van der Waals surface area contributed by atoms with E-state index in [4.69, 9.17) is 4.99 Å². The first-order valence-electron chi connectivity index (χ1n) is 11.0. The van der Waals surface area contributed by atoms with Crippen LogP contribution in [-0.2, 0) is 7.05 Å². The zero-order valence-electron chi connectivity index (χ0n) is 17.4. The van der Waals surface area contributed by atoms with Gasteiger partial charge in [0.05, 0.1) is 11.9 Å². The van der Waals surface area contributed by atoms with Gasteiger partial charge in [-0.05, 0) is 38.0 Å². The van der Waals surface area contributed by atoms with E-state index in [0.29, 0.717) is 12.1 Å². The Bertz CT molecular complexity index is 639. The average molecular weight is 500 g/mol. The fourth-order valence-electron chi connectivity index (χ4n) is 5.03. The van der Waals surface area contributed by atoms with Crippen LogP contribution in [0.15, 0.2) is 17.4 Å². The lowest BCUT2D eigenvalue weighted by Gasteiger charge is -2.34. The molecule has 0 radical (unpaired) electrons. The van der Waals surface area contributed by atoms with E-state index in [0.717, 1.165) is 37.4 Å². The Balaban J connectivity index is 0.00000225. The first kappa shape index (κ1) is 21.7. The Morgan fingerprint density at radius 1 is 1.18 bits per heavy atom. The molecule has 1 aromatic heterocycles. The van der Waals surface area contributed by atoms with Crippen LogP contribution in [0.1, 0.15) is 58.3 Å². The molecule has 2 heterocycles. The summed E-state index contributed by atoms with van der Waals surface area (Å²) in [6.07, 6.45) is 15.0. The van der Waals surface area contributed by atoms with Crippen LogP contribution in [0.25, 0.3) is 0 Å². The van der Waals surface area contributed by atoms with Gasteiger partial charge < -0.3 is 15.5 Å². The molecule has 7 heteroatoms. The molecule has 2 N–H and O–H groups in total. The summed E-state index contributed by atoms with van der Waals surface area (Å²) < 4.78 is 1.89. The zero-order chi connectivity index (χ0) is 18.6. The Kier molecular flexibility index (Phi) is 7.88. The third-order valence-electron chi connectivity index (χ3n) is 6.55. The number of aliphatic imine (C=N–C) groups is 1. The van der Waals surface area contributed by atoms with Crippen LogP contribution < -0.4 is 15.5 Å². The van der Waals surface area contributed by atoms with Gasteiger partial charge in [-0.1, -0.05) is 32.1 Å². The van der Waals surface area contributed by atoms with E-state index in [-0.39, 0.29) is 24.0 Å². The van der Waals surface area contributed by atoms with E-state index in [1.165, 1.54) is 57.1 Å². The summed E-state index contributed by atoms with van der Waals surface area (Å²) in [6, 6.07) is 1.09. The highest BCUT2D eigenvalue weighted by Crippen LogP contribution is 2.44. The molecule has 158 valence electrons. The predicted molar refractivity (Wildman–Crippen MR) is 127 cm³/mol. The number of hydrogen-bond donors (Lipinski definition) is 2. The number of piperidine rings is 1. The van der Waals surface area contributed by atoms with Gasteiger partial charge in [-0.25, -0.2) is 0 Å². The molecule has 3 fully saturated rings. The molecule has 3 aliphatic rings. The number of hydrogen-bond acceptors (Lipinski definition) is 3. The maximum Gasteiger partial charge on any atom is 0.191 e. The van der Waals surface area contributed by atoms with Crippen LogP contribution in [0, 0.1) is 11.8 Å². The van der Waals surface area contributed by atoms with Gasteiger partial charge in [-0.3, -0.25) is 9.67 Å². The van der Waals surface area contributed by atoms with Gasteiger partial charge in [0.1, 0.15) is 0 Å². The molecule has 0 aromatic carbocycles. The zero-order valence-corrected chi connectivity index (χ0v) is 19.8. The van der Waals surface area contributed by atoms with Gasteiger partial charge >= 0.3 is 0 Å². The number of anilines is 1. The summed E-state index contributed by atoms with van der Waals surface area (Å²) >= 11 is 0. The summed E-state index contributed by atoms with van der Waals surface area (Å²) in [5.41, 5.74) is 1.23. The second kappa shape index (κ2) is 10.2. The molecule has 1 aromatic rings. The van der Waals surface area contributed by atoms with Crippen LogP contribution in [-0.4, -0.2) is 47.5 Å². The minimum Gasteiger partial charge on any atom is -0.367 e. The topological polar surface area (TPSA) is 57.5 Å². The van der Waals surface area contributed by atoms with Crippen LogP contribution in [0.2, 0.25) is 0 Å². The van der Waals surface area contributed by atoms with Crippen molar-refractivity contribution in [3.05, 3.63) is 12.4 Å². The second-order valence-electron chi connectivity index (χ2n) is 8.67. The summed E-state index contributed by atoms with van der Waals surface area (Å²) in [4.78, 5) is 7.18. The highest BCUT2D eigenvalue weighted by Gasteiger charge is 2.43. The molecule has 3 unspecified atom stereocenters. The van der Waals surface area contributed by atoms with Crippen LogP contribution in [0.4, 0.5) is 5.69 Å². The van der Waals surface area contributed by atoms with E-state index in [1.54, 1.807) is 0 Å². The molecule has 1 aliphatic heterocycles. The molecule has 0 amide bonds. The lowest BCUT2D eigenvalue weighted by Crippen LogP contribution is -2.52. The first-order chi connectivity index (χ1) is 13.2. The molecule has 2 saturated carbocycles. The maximum absolute atomic E-state index is 4.74. The van der Waals surface area contributed by atoms with Gasteiger partial charge in [-0.15, -0.1) is 24.0 Å². The molecule has 2 aliphatic carbocycles. The first-order valence-corrected chi connectivity index (χ1v) is 11.0. The van der Waals surface area contributed by atoms with Gasteiger partial charge in [0.15, 0.2) is 5.96 Å². The summed E-state index contributed by atoms with van der Waals surface area (Å²) in [7, 11) is 1.98. The fourth-order valence-corrected chi connectivity index (χ4v) is 5.03. The van der Waals surface area contributed by atoms with Crippen molar-refractivity contribution in [3.63, 3.8) is 0 Å². The lowest BCUT2D eigenvalue weighted by atomic mass is 9.85. The maximum atomic E-state index is 4.74. The van der Waals surface area contributed by atoms with Crippen LogP contribution >= 0.6 is 24.0 Å². The van der Waals surface area contributed by atoms with E-state index >= 15 is 0 Å². The number of guanidine groups is 1. The summed E-state index contributed by atoms with van der Waals surface area (Å²) in [5, 5.41) is 11.8. The minimum atomic E-state index is 0. The van der Waals surface area contributed by atoms with Crippen molar-refractivity contribution in [2.75, 3.05) is 24.5 Å². The molecule has 28 heavy (non-hydrogen) atoms. The molecular formula is C21H37IN6. The third kappa shape index (κ3) is 5.54. The van der Waals surface area contributed by atoms with Gasteiger partial charge in [0, 0.05) is 45.0 Å². The summed E-state index contributed by atoms with van der Waals surface area (Å²) in [6.45, 7) is 5.09. The van der Waals surface area contributed by atoms with E-state index in [9.17, 15) is 0 Å². The fraction of sp³-hybridized carbons (Fsp3) is 0.810. The standard InChI is InChI=1S/C21H36N6.HI/c1-3-22-21(25-20-12-19(20)16-8-5-4-6-9-16)24-17-10-7-11-27(14-17)18-13-23-26(2)15-18;/h13,15-17,19-20H,3-12,14H2,1-2H3,(H2,22,24,25);1H. The van der Waals surface area contributed by atoms with E-state index < -0.39 is 0 Å². The largest absolute Gasteiger partial charge is 0.367 e. The molecular weight excluding hydrogens is 463 g/mol. The van der Waals surface area contributed by atoms with Crippen molar-refractivity contribution >= 4 is 35.6 Å². The third-order valence-corrected chi connectivity index (χ3v) is 6.55. The van der Waals surface area contributed by atoms with Gasteiger partial charge in [0.25, 0.3) is 0 Å². The van der Waals surface area contributed by atoms with Crippen LogP contribution in [0.3, 0.4) is 0 Å². The van der Waals surface area contributed by atoms with E-state index in [1.807, 2.05) is 17.9 Å². The molecule has 6 nitrogen and oxygen atoms in total. The number of aryl methyl sites for hydroxylation is 1. The quantitative estimate of drug-likeness (QED) is 0.369. The van der Waals surface area contributed by atoms with Crippen molar-refractivity contribution in [1.29, 1.82) is 0 Å². The van der Waals surface area contributed by atoms with Crippen molar-refractivity contribution in [2.24, 2.45) is 23.9 Å². The van der Waals surface area contributed by atoms with Gasteiger partial charge in [-0.2, -0.15) is 5.10 Å². The average Bonchev–Trinajstić information content (AvgIpc) is 3.32. The van der Waals surface area contributed by atoms with Crippen molar-refractivity contribution in [2.45, 2.75) is 70.4 Å². The Hall–Kier alpha value is -0.990. The van der Waals surface area contributed by atoms with Crippen molar-refractivity contribution < 1.29 is 0 Å². The Labute approximate surface area is 186 Å². The number of halogens is 1. The molecule has 0 bridgehead atoms. The molecule has 3 atom stereocenters. The van der Waals surface area contributed by atoms with Crippen molar-refractivity contribution in [3.8, 4) is 0 Å². The smallest absolute Gasteiger partial charge is 0.191 e. The number of rotatable bonds is 5. The lowest BCUT2D eigenvalue weighted by molar-refractivity contribution is 0.315. The van der Waals surface area contributed by atoms with Crippen molar-refractivity contribution in [1.82, 2.24) is 20.4 Å². The highest BCUT2D eigenvalue weighted by atomic mass is 127. The van der Waals surface area contributed by atoms with Gasteiger partial charge in [0.2, 0.25) is 0 Å². The van der Waals surface area contributed by atoms with E-state index in [2.05, 4.69) is 33.8 Å². The Morgan fingerprint density at radius 3 is 2.71 bits per heavy atom. The molecule has 4 rings (SSSR count). The number of nitrogens with zero attached hydrogens (tertiary/aromatic N) is 4. The molecule has 0 spiro atoms. The Morgan fingerprint density at radius 2 is 2.00 bits per heavy atom. The van der Waals surface area contributed by atoms with Crippen LogP contribution in [0.5, 0.6) is 0 Å². The minimum absolute atomic E-state index is 0. The predicted octanol–water partition coefficient (Wildman–Crippen LogP) is 3.53. The normalized spacial score (nSPS) is 28.6.